The van der Waals surface area contributed by atoms with Crippen molar-refractivity contribution in [1.82, 2.24) is 4.31 Å². The lowest BCUT2D eigenvalue weighted by molar-refractivity contribution is -0.384. The van der Waals surface area contributed by atoms with E-state index in [4.69, 9.17) is 9.47 Å². The molecule has 1 aliphatic rings. The predicted octanol–water partition coefficient (Wildman–Crippen LogP) is 2.11. The maximum Gasteiger partial charge on any atom is 0.338 e. The van der Waals surface area contributed by atoms with Crippen LogP contribution in [0.2, 0.25) is 0 Å². The number of morpholine rings is 1. The fourth-order valence-electron chi connectivity index (χ4n) is 3.12. The van der Waals surface area contributed by atoms with Crippen molar-refractivity contribution in [3.8, 4) is 0 Å². The third-order valence-corrected chi connectivity index (χ3v) is 7.05. The number of carbonyl (C=O) groups excluding carboxylic acids is 2. The second-order valence-corrected chi connectivity index (χ2v) is 9.24. The maximum absolute atomic E-state index is 13.0. The fraction of sp³-hybridized carbons (Fsp3) is 0.333. The molecule has 12 heteroatoms. The summed E-state index contributed by atoms with van der Waals surface area (Å²) in [6, 6.07) is 9.34. The van der Waals surface area contributed by atoms with E-state index in [1.165, 1.54) is 53.7 Å². The maximum atomic E-state index is 13.0. The Labute approximate surface area is 190 Å². The summed E-state index contributed by atoms with van der Waals surface area (Å²) in [5, 5.41) is 13.2. The standard InChI is InChI=1S/C21H23N3O8S/c1-14-3-4-16(13-19(14)33(29,30)23-9-11-31-12-10-23)21(26)32-15(2)20(25)22-17-5-7-18(8-6-17)24(27)28/h3-8,13,15H,9-12H2,1-2H3,(H,22,25). The molecule has 0 bridgehead atoms. The molecular formula is C21H23N3O8S. The topological polar surface area (TPSA) is 145 Å². The second kappa shape index (κ2) is 10.1. The molecule has 0 spiro atoms. The number of esters is 1. The highest BCUT2D eigenvalue weighted by Crippen LogP contribution is 2.23. The van der Waals surface area contributed by atoms with Gasteiger partial charge in [-0.3, -0.25) is 14.9 Å². The van der Waals surface area contributed by atoms with E-state index in [1.54, 1.807) is 6.92 Å². The summed E-state index contributed by atoms with van der Waals surface area (Å²) in [6.07, 6.45) is -1.20. The molecule has 1 heterocycles. The summed E-state index contributed by atoms with van der Waals surface area (Å²) >= 11 is 0. The Balaban J connectivity index is 1.69. The average Bonchev–Trinajstić information content (AvgIpc) is 2.80. The van der Waals surface area contributed by atoms with E-state index in [9.17, 15) is 28.1 Å². The molecule has 3 rings (SSSR count). The van der Waals surface area contributed by atoms with Crippen LogP contribution in [0.15, 0.2) is 47.4 Å². The fourth-order valence-corrected chi connectivity index (χ4v) is 4.78. The number of nitro groups is 1. The van der Waals surface area contributed by atoms with Gasteiger partial charge in [-0.1, -0.05) is 6.07 Å². The highest BCUT2D eigenvalue weighted by Gasteiger charge is 2.29. The van der Waals surface area contributed by atoms with Gasteiger partial charge in [-0.2, -0.15) is 4.31 Å². The number of nitrogens with one attached hydrogen (secondary N) is 1. The van der Waals surface area contributed by atoms with Crippen LogP contribution in [0, 0.1) is 17.0 Å². The first kappa shape index (κ1) is 24.3. The van der Waals surface area contributed by atoms with Crippen molar-refractivity contribution >= 4 is 33.3 Å². The largest absolute Gasteiger partial charge is 0.449 e. The van der Waals surface area contributed by atoms with E-state index in [0.29, 0.717) is 24.5 Å². The van der Waals surface area contributed by atoms with Gasteiger partial charge >= 0.3 is 5.97 Å². The minimum absolute atomic E-state index is 0.0116. The first-order chi connectivity index (χ1) is 15.6. The van der Waals surface area contributed by atoms with Crippen molar-refractivity contribution in [2.45, 2.75) is 24.8 Å². The van der Waals surface area contributed by atoms with Crippen LogP contribution < -0.4 is 5.32 Å². The quantitative estimate of drug-likeness (QED) is 0.363. The smallest absolute Gasteiger partial charge is 0.338 e. The summed E-state index contributed by atoms with van der Waals surface area (Å²) in [4.78, 5) is 35.1. The number of ether oxygens (including phenoxy) is 2. The number of aryl methyl sites for hydroxylation is 1. The zero-order chi connectivity index (χ0) is 24.2. The molecule has 176 valence electrons. The van der Waals surface area contributed by atoms with E-state index < -0.39 is 32.9 Å². The van der Waals surface area contributed by atoms with Crippen molar-refractivity contribution in [2.75, 3.05) is 31.6 Å². The number of rotatable bonds is 7. The molecule has 11 nitrogen and oxygen atoms in total. The normalized spacial score (nSPS) is 15.5. The number of anilines is 1. The third kappa shape index (κ3) is 5.72. The molecule has 1 unspecified atom stereocenters. The molecule has 0 radical (unpaired) electrons. The van der Waals surface area contributed by atoms with Gasteiger partial charge in [-0.15, -0.1) is 0 Å². The van der Waals surface area contributed by atoms with Gasteiger partial charge in [0.2, 0.25) is 10.0 Å². The van der Waals surface area contributed by atoms with Crippen LogP contribution in [-0.2, 0) is 24.3 Å². The van der Waals surface area contributed by atoms with Crippen molar-refractivity contribution < 1.29 is 32.4 Å². The second-order valence-electron chi connectivity index (χ2n) is 7.34. The van der Waals surface area contributed by atoms with Gasteiger partial charge in [0.25, 0.3) is 11.6 Å². The Morgan fingerprint density at radius 1 is 1.15 bits per heavy atom. The third-order valence-electron chi connectivity index (χ3n) is 5.01. The Bertz CT molecular complexity index is 1160. The molecule has 1 fully saturated rings. The minimum atomic E-state index is -3.83. The lowest BCUT2D eigenvalue weighted by Gasteiger charge is -2.26. The van der Waals surface area contributed by atoms with Crippen molar-refractivity contribution in [3.05, 3.63) is 63.7 Å². The Morgan fingerprint density at radius 2 is 1.79 bits per heavy atom. The van der Waals surface area contributed by atoms with Gasteiger partial charge < -0.3 is 14.8 Å². The zero-order valence-corrected chi connectivity index (χ0v) is 18.8. The van der Waals surface area contributed by atoms with Crippen molar-refractivity contribution in [2.24, 2.45) is 0 Å². The van der Waals surface area contributed by atoms with Crippen LogP contribution in [0.1, 0.15) is 22.8 Å². The number of non-ortho nitro benzene ring substituents is 1. The molecule has 1 aliphatic heterocycles. The van der Waals surface area contributed by atoms with Gasteiger partial charge in [-0.25, -0.2) is 13.2 Å². The molecule has 0 aliphatic carbocycles. The molecule has 0 saturated carbocycles. The molecule has 33 heavy (non-hydrogen) atoms. The summed E-state index contributed by atoms with van der Waals surface area (Å²) in [5.74, 6) is -1.51. The van der Waals surface area contributed by atoms with E-state index in [0.717, 1.165) is 0 Å². The predicted molar refractivity (Wildman–Crippen MR) is 117 cm³/mol. The molecule has 0 aromatic heterocycles. The van der Waals surface area contributed by atoms with Gasteiger partial charge in [0.05, 0.1) is 28.6 Å². The van der Waals surface area contributed by atoms with E-state index in [-0.39, 0.29) is 29.2 Å². The number of benzene rings is 2. The molecule has 1 atom stereocenters. The Kier molecular flexibility index (Phi) is 7.41. The number of nitro benzene ring substituents is 1. The van der Waals surface area contributed by atoms with Crippen LogP contribution >= 0.6 is 0 Å². The highest BCUT2D eigenvalue weighted by molar-refractivity contribution is 7.89. The van der Waals surface area contributed by atoms with Gasteiger partial charge in [0.15, 0.2) is 6.10 Å². The summed E-state index contributed by atoms with van der Waals surface area (Å²) < 4.78 is 37.7. The number of carbonyl (C=O) groups is 2. The average molecular weight is 477 g/mol. The Hall–Kier alpha value is -3.35. The lowest BCUT2D eigenvalue weighted by atomic mass is 10.1. The molecule has 1 N–H and O–H groups in total. The SMILES string of the molecule is Cc1ccc(C(=O)OC(C)C(=O)Nc2ccc([N+](=O)[O-])cc2)cc1S(=O)(=O)N1CCOCC1. The zero-order valence-electron chi connectivity index (χ0n) is 18.0. The van der Waals surface area contributed by atoms with Crippen molar-refractivity contribution in [1.29, 1.82) is 0 Å². The number of hydrogen-bond donors (Lipinski definition) is 1. The molecule has 1 amide bonds. The highest BCUT2D eigenvalue weighted by atomic mass is 32.2. The summed E-state index contributed by atoms with van der Waals surface area (Å²) in [5.41, 5.74) is 0.627. The first-order valence-electron chi connectivity index (χ1n) is 10.0. The number of amides is 1. The van der Waals surface area contributed by atoms with Crippen molar-refractivity contribution in [3.63, 3.8) is 0 Å². The van der Waals surface area contributed by atoms with E-state index >= 15 is 0 Å². The van der Waals surface area contributed by atoms with Crippen LogP contribution in [0.4, 0.5) is 11.4 Å². The van der Waals surface area contributed by atoms with E-state index in [2.05, 4.69) is 5.32 Å². The number of sulfonamides is 1. The first-order valence-corrected chi connectivity index (χ1v) is 11.5. The van der Waals surface area contributed by atoms with Crippen LogP contribution in [-0.4, -0.2) is 61.9 Å². The van der Waals surface area contributed by atoms with Gasteiger partial charge in [-0.05, 0) is 43.7 Å². The summed E-state index contributed by atoms with van der Waals surface area (Å²) in [7, 11) is -3.83. The molecule has 2 aromatic rings. The lowest BCUT2D eigenvalue weighted by Crippen LogP contribution is -2.40. The van der Waals surface area contributed by atoms with Crippen LogP contribution in [0.25, 0.3) is 0 Å². The monoisotopic (exact) mass is 477 g/mol. The number of nitrogens with zero attached hydrogens (tertiary/aromatic N) is 2. The Morgan fingerprint density at radius 3 is 2.39 bits per heavy atom. The van der Waals surface area contributed by atoms with Crippen LogP contribution in [0.5, 0.6) is 0 Å². The van der Waals surface area contributed by atoms with E-state index in [1.807, 2.05) is 0 Å². The summed E-state index contributed by atoms with van der Waals surface area (Å²) in [6.45, 7) is 4.01. The van der Waals surface area contributed by atoms with Gasteiger partial charge in [0.1, 0.15) is 0 Å². The van der Waals surface area contributed by atoms with Gasteiger partial charge in [0, 0.05) is 30.9 Å². The van der Waals surface area contributed by atoms with Crippen LogP contribution in [0.3, 0.4) is 0 Å². The molecule has 2 aromatic carbocycles. The number of hydrogen-bond acceptors (Lipinski definition) is 8. The minimum Gasteiger partial charge on any atom is -0.449 e. The molecular weight excluding hydrogens is 454 g/mol. The molecule has 1 saturated heterocycles.